The number of hydrazone groups is 1. The zero-order valence-corrected chi connectivity index (χ0v) is 15.0. The van der Waals surface area contributed by atoms with Crippen LogP contribution in [0.1, 0.15) is 31.4 Å². The van der Waals surface area contributed by atoms with E-state index >= 15 is 0 Å². The molecule has 0 spiro atoms. The molecule has 2 aromatic carbocycles. The van der Waals surface area contributed by atoms with Crippen LogP contribution in [0.5, 0.6) is 5.75 Å². The van der Waals surface area contributed by atoms with Crippen LogP contribution in [-0.2, 0) is 4.79 Å². The van der Waals surface area contributed by atoms with E-state index in [0.29, 0.717) is 6.61 Å². The van der Waals surface area contributed by atoms with Gasteiger partial charge in [-0.2, -0.15) is 5.10 Å². The van der Waals surface area contributed by atoms with Gasteiger partial charge < -0.3 is 10.1 Å². The molecule has 2 rings (SSSR count). The largest absolute Gasteiger partial charge is 0.494 e. The molecule has 0 atom stereocenters. The number of anilines is 1. The van der Waals surface area contributed by atoms with Gasteiger partial charge in [-0.05, 0) is 62.2 Å². The predicted molar refractivity (Wildman–Crippen MR) is 102 cm³/mol. The highest BCUT2D eigenvalue weighted by atomic mass is 16.5. The van der Waals surface area contributed by atoms with Gasteiger partial charge >= 0.3 is 0 Å². The van der Waals surface area contributed by atoms with E-state index in [1.165, 1.54) is 5.56 Å². The number of carbonyl (C=O) groups is 1. The van der Waals surface area contributed by atoms with Crippen molar-refractivity contribution in [3.05, 3.63) is 59.7 Å². The standard InChI is InChI=1S/C20H25N3O2/c1-4-13-25-19-11-7-17(8-12-19)16(3)22-23-20(24)14-21-18-9-5-15(2)6-10-18/h5-12,21H,4,13-14H2,1-3H3,(H,23,24)/b22-16-. The van der Waals surface area contributed by atoms with E-state index in [2.05, 4.69) is 22.8 Å². The Balaban J connectivity index is 1.82. The summed E-state index contributed by atoms with van der Waals surface area (Å²) in [6.45, 7) is 6.83. The van der Waals surface area contributed by atoms with Crippen LogP contribution >= 0.6 is 0 Å². The lowest BCUT2D eigenvalue weighted by Gasteiger charge is -2.07. The van der Waals surface area contributed by atoms with Crippen LogP contribution in [0.15, 0.2) is 53.6 Å². The fourth-order valence-electron chi connectivity index (χ4n) is 2.12. The van der Waals surface area contributed by atoms with Gasteiger partial charge in [0.2, 0.25) is 0 Å². The van der Waals surface area contributed by atoms with Crippen molar-refractivity contribution >= 4 is 17.3 Å². The van der Waals surface area contributed by atoms with Gasteiger partial charge in [0.1, 0.15) is 5.75 Å². The van der Waals surface area contributed by atoms with Crippen molar-refractivity contribution in [3.8, 4) is 5.75 Å². The minimum Gasteiger partial charge on any atom is -0.494 e. The molecule has 0 aromatic heterocycles. The number of amides is 1. The highest BCUT2D eigenvalue weighted by Crippen LogP contribution is 2.13. The molecule has 0 unspecified atom stereocenters. The Hall–Kier alpha value is -2.82. The molecule has 0 aliphatic rings. The van der Waals surface area contributed by atoms with Gasteiger partial charge in [-0.3, -0.25) is 4.79 Å². The SMILES string of the molecule is CCCOc1ccc(/C(C)=N\NC(=O)CNc2ccc(C)cc2)cc1. The maximum Gasteiger partial charge on any atom is 0.259 e. The van der Waals surface area contributed by atoms with Crippen molar-refractivity contribution in [1.29, 1.82) is 0 Å². The smallest absolute Gasteiger partial charge is 0.259 e. The molecule has 5 heteroatoms. The molecule has 0 aliphatic heterocycles. The maximum absolute atomic E-state index is 11.9. The van der Waals surface area contributed by atoms with E-state index in [9.17, 15) is 4.79 Å². The first kappa shape index (κ1) is 18.5. The quantitative estimate of drug-likeness (QED) is 0.569. The van der Waals surface area contributed by atoms with Gasteiger partial charge in [0, 0.05) is 5.69 Å². The average Bonchev–Trinajstić information content (AvgIpc) is 2.64. The Labute approximate surface area is 149 Å². The van der Waals surface area contributed by atoms with Crippen LogP contribution < -0.4 is 15.5 Å². The molecule has 0 fully saturated rings. The lowest BCUT2D eigenvalue weighted by atomic mass is 10.1. The van der Waals surface area contributed by atoms with E-state index in [0.717, 1.165) is 29.1 Å². The monoisotopic (exact) mass is 339 g/mol. The Bertz CT molecular complexity index is 707. The van der Waals surface area contributed by atoms with Crippen LogP contribution in [-0.4, -0.2) is 24.8 Å². The first-order chi connectivity index (χ1) is 12.1. The minimum atomic E-state index is -0.192. The Morgan fingerprint density at radius 2 is 1.76 bits per heavy atom. The van der Waals surface area contributed by atoms with Crippen molar-refractivity contribution in [2.45, 2.75) is 27.2 Å². The molecule has 25 heavy (non-hydrogen) atoms. The van der Waals surface area contributed by atoms with Gasteiger partial charge in [0.15, 0.2) is 0 Å². The summed E-state index contributed by atoms with van der Waals surface area (Å²) in [5, 5.41) is 7.21. The Morgan fingerprint density at radius 3 is 2.40 bits per heavy atom. The summed E-state index contributed by atoms with van der Waals surface area (Å²) in [6, 6.07) is 15.6. The molecule has 132 valence electrons. The van der Waals surface area contributed by atoms with E-state index in [-0.39, 0.29) is 12.5 Å². The summed E-state index contributed by atoms with van der Waals surface area (Å²) in [6.07, 6.45) is 0.977. The summed E-state index contributed by atoms with van der Waals surface area (Å²) >= 11 is 0. The zero-order chi connectivity index (χ0) is 18.1. The molecule has 0 heterocycles. The number of nitrogens with zero attached hydrogens (tertiary/aromatic N) is 1. The summed E-state index contributed by atoms with van der Waals surface area (Å²) in [7, 11) is 0. The third-order valence-corrected chi connectivity index (χ3v) is 3.60. The fraction of sp³-hybridized carbons (Fsp3) is 0.300. The summed E-state index contributed by atoms with van der Waals surface area (Å²) < 4.78 is 5.55. The Kier molecular flexibility index (Phi) is 7.01. The van der Waals surface area contributed by atoms with Gasteiger partial charge in [-0.1, -0.05) is 24.6 Å². The molecule has 0 saturated carbocycles. The molecule has 0 saturated heterocycles. The van der Waals surface area contributed by atoms with Crippen molar-refractivity contribution in [2.24, 2.45) is 5.10 Å². The maximum atomic E-state index is 11.9. The number of aryl methyl sites for hydroxylation is 1. The summed E-state index contributed by atoms with van der Waals surface area (Å²) in [5.74, 6) is 0.646. The third-order valence-electron chi connectivity index (χ3n) is 3.60. The van der Waals surface area contributed by atoms with Gasteiger partial charge in [-0.25, -0.2) is 5.43 Å². The summed E-state index contributed by atoms with van der Waals surface area (Å²) in [4.78, 5) is 11.9. The minimum absolute atomic E-state index is 0.170. The first-order valence-electron chi connectivity index (χ1n) is 8.45. The predicted octanol–water partition coefficient (Wildman–Crippen LogP) is 3.74. The molecule has 5 nitrogen and oxygen atoms in total. The topological polar surface area (TPSA) is 62.7 Å². The number of benzene rings is 2. The van der Waals surface area contributed by atoms with Gasteiger partial charge in [0.25, 0.3) is 5.91 Å². The number of hydrogen-bond donors (Lipinski definition) is 2. The molecule has 0 bridgehead atoms. The van der Waals surface area contributed by atoms with Crippen molar-refractivity contribution < 1.29 is 9.53 Å². The average molecular weight is 339 g/mol. The van der Waals surface area contributed by atoms with Crippen molar-refractivity contribution in [3.63, 3.8) is 0 Å². The van der Waals surface area contributed by atoms with Crippen LogP contribution in [0.25, 0.3) is 0 Å². The second-order valence-corrected chi connectivity index (χ2v) is 5.82. The molecule has 0 radical (unpaired) electrons. The van der Waals surface area contributed by atoms with E-state index in [4.69, 9.17) is 4.74 Å². The molecule has 0 aliphatic carbocycles. The number of hydrogen-bond acceptors (Lipinski definition) is 4. The molecule has 1 amide bonds. The van der Waals surface area contributed by atoms with Gasteiger partial charge in [0.05, 0.1) is 18.9 Å². The zero-order valence-electron chi connectivity index (χ0n) is 15.0. The molecular formula is C20H25N3O2. The lowest BCUT2D eigenvalue weighted by molar-refractivity contribution is -0.119. The van der Waals surface area contributed by atoms with E-state index < -0.39 is 0 Å². The Morgan fingerprint density at radius 1 is 1.08 bits per heavy atom. The van der Waals surface area contributed by atoms with E-state index in [1.54, 1.807) is 0 Å². The fourth-order valence-corrected chi connectivity index (χ4v) is 2.12. The van der Waals surface area contributed by atoms with Crippen LogP contribution in [0, 0.1) is 6.92 Å². The highest BCUT2D eigenvalue weighted by Gasteiger charge is 2.02. The number of ether oxygens (including phenoxy) is 1. The molecular weight excluding hydrogens is 314 g/mol. The molecule has 2 N–H and O–H groups in total. The third kappa shape index (κ3) is 6.30. The first-order valence-corrected chi connectivity index (χ1v) is 8.45. The second-order valence-electron chi connectivity index (χ2n) is 5.82. The van der Waals surface area contributed by atoms with Gasteiger partial charge in [-0.15, -0.1) is 0 Å². The van der Waals surface area contributed by atoms with Crippen LogP contribution in [0.3, 0.4) is 0 Å². The van der Waals surface area contributed by atoms with E-state index in [1.807, 2.05) is 62.4 Å². The lowest BCUT2D eigenvalue weighted by Crippen LogP contribution is -2.26. The van der Waals surface area contributed by atoms with Crippen LogP contribution in [0.4, 0.5) is 5.69 Å². The number of rotatable bonds is 8. The second kappa shape index (κ2) is 9.47. The normalized spacial score (nSPS) is 11.1. The highest BCUT2D eigenvalue weighted by molar-refractivity contribution is 5.99. The summed E-state index contributed by atoms with van der Waals surface area (Å²) in [5.41, 5.74) is 6.34. The number of nitrogens with one attached hydrogen (secondary N) is 2. The molecule has 2 aromatic rings. The van der Waals surface area contributed by atoms with Crippen LogP contribution in [0.2, 0.25) is 0 Å². The van der Waals surface area contributed by atoms with Crippen molar-refractivity contribution in [2.75, 3.05) is 18.5 Å². The van der Waals surface area contributed by atoms with Crippen molar-refractivity contribution in [1.82, 2.24) is 5.43 Å². The number of carbonyl (C=O) groups excluding carboxylic acids is 1.